The van der Waals surface area contributed by atoms with Gasteiger partial charge in [-0.3, -0.25) is 4.79 Å². The van der Waals surface area contributed by atoms with E-state index in [2.05, 4.69) is 0 Å². The maximum absolute atomic E-state index is 10.6. The molecule has 1 heterocycles. The van der Waals surface area contributed by atoms with E-state index < -0.39 is 0 Å². The summed E-state index contributed by atoms with van der Waals surface area (Å²) in [6.07, 6.45) is 0.684. The summed E-state index contributed by atoms with van der Waals surface area (Å²) in [4.78, 5) is 10.6. The Bertz CT molecular complexity index is 772. The molecule has 2 aromatic carbocycles. The molecule has 0 N–H and O–H groups in total. The van der Waals surface area contributed by atoms with Gasteiger partial charge in [0.15, 0.2) is 12.0 Å². The minimum absolute atomic E-state index is 0.312. The van der Waals surface area contributed by atoms with Crippen molar-refractivity contribution in [2.45, 2.75) is 0 Å². The molecule has 0 bridgehead atoms. The Balaban J connectivity index is 1.77. The molecule has 4 heteroatoms. The smallest absolute Gasteiger partial charge is 0.185 e. The Morgan fingerprint density at radius 3 is 2.36 bits per heavy atom. The maximum atomic E-state index is 10.6. The Hall–Kier alpha value is -3.01. The van der Waals surface area contributed by atoms with E-state index in [1.165, 1.54) is 0 Å². The van der Waals surface area contributed by atoms with Crippen molar-refractivity contribution in [1.29, 1.82) is 0 Å². The zero-order valence-corrected chi connectivity index (χ0v) is 12.0. The predicted octanol–water partition coefficient (Wildman–Crippen LogP) is 4.56. The highest BCUT2D eigenvalue weighted by atomic mass is 16.5. The van der Waals surface area contributed by atoms with Crippen molar-refractivity contribution >= 4 is 6.29 Å². The van der Waals surface area contributed by atoms with Gasteiger partial charge in [0.25, 0.3) is 0 Å². The van der Waals surface area contributed by atoms with Gasteiger partial charge < -0.3 is 13.9 Å². The molecule has 0 spiro atoms. The Labute approximate surface area is 127 Å². The van der Waals surface area contributed by atoms with Crippen LogP contribution in [0.4, 0.5) is 0 Å². The maximum Gasteiger partial charge on any atom is 0.185 e. The van der Waals surface area contributed by atoms with Gasteiger partial charge in [-0.25, -0.2) is 0 Å². The molecular weight excluding hydrogens is 280 g/mol. The summed E-state index contributed by atoms with van der Waals surface area (Å²) in [6.45, 7) is 0. The third kappa shape index (κ3) is 3.01. The Morgan fingerprint density at radius 1 is 0.909 bits per heavy atom. The minimum Gasteiger partial charge on any atom is -0.497 e. The second-order valence-corrected chi connectivity index (χ2v) is 4.63. The van der Waals surface area contributed by atoms with Crippen LogP contribution in [0.25, 0.3) is 11.3 Å². The molecule has 3 rings (SSSR count). The summed E-state index contributed by atoms with van der Waals surface area (Å²) in [6, 6.07) is 18.3. The van der Waals surface area contributed by atoms with Gasteiger partial charge in [-0.1, -0.05) is 6.07 Å². The quantitative estimate of drug-likeness (QED) is 0.647. The molecule has 1 aromatic heterocycles. The van der Waals surface area contributed by atoms with E-state index in [1.54, 1.807) is 19.2 Å². The lowest BCUT2D eigenvalue weighted by molar-refractivity contribution is 0.110. The van der Waals surface area contributed by atoms with Gasteiger partial charge >= 0.3 is 0 Å². The predicted molar refractivity (Wildman–Crippen MR) is 82.6 cm³/mol. The number of benzene rings is 2. The molecular formula is C18H14O4. The van der Waals surface area contributed by atoms with Crippen molar-refractivity contribution in [3.8, 4) is 28.6 Å². The van der Waals surface area contributed by atoms with E-state index >= 15 is 0 Å². The summed E-state index contributed by atoms with van der Waals surface area (Å²) >= 11 is 0. The number of carbonyl (C=O) groups is 1. The third-order valence-electron chi connectivity index (χ3n) is 3.16. The van der Waals surface area contributed by atoms with E-state index in [4.69, 9.17) is 13.9 Å². The fourth-order valence-electron chi connectivity index (χ4n) is 2.06. The fraction of sp³-hybridized carbons (Fsp3) is 0.0556. The van der Waals surface area contributed by atoms with E-state index in [0.717, 1.165) is 11.3 Å². The first kappa shape index (κ1) is 13.9. The Morgan fingerprint density at radius 2 is 1.68 bits per heavy atom. The van der Waals surface area contributed by atoms with Gasteiger partial charge in [0.1, 0.15) is 23.0 Å². The monoisotopic (exact) mass is 294 g/mol. The second kappa shape index (κ2) is 6.18. The Kier molecular flexibility index (Phi) is 3.92. The molecule has 110 valence electrons. The molecule has 22 heavy (non-hydrogen) atoms. The van der Waals surface area contributed by atoms with Crippen LogP contribution in [-0.4, -0.2) is 13.4 Å². The molecule has 0 fully saturated rings. The summed E-state index contributed by atoms with van der Waals surface area (Å²) in [5.74, 6) is 3.11. The van der Waals surface area contributed by atoms with Crippen molar-refractivity contribution in [3.63, 3.8) is 0 Å². The van der Waals surface area contributed by atoms with Crippen LogP contribution in [0.15, 0.2) is 65.1 Å². The number of furan rings is 1. The van der Waals surface area contributed by atoms with E-state index in [1.807, 2.05) is 48.5 Å². The molecule has 0 radical (unpaired) electrons. The lowest BCUT2D eigenvalue weighted by Gasteiger charge is -2.07. The van der Waals surface area contributed by atoms with Gasteiger partial charge in [0.05, 0.1) is 7.11 Å². The van der Waals surface area contributed by atoms with Crippen LogP contribution in [0.5, 0.6) is 17.2 Å². The van der Waals surface area contributed by atoms with E-state index in [0.29, 0.717) is 29.3 Å². The number of rotatable bonds is 5. The first-order valence-corrected chi connectivity index (χ1v) is 6.76. The normalized spacial score (nSPS) is 10.2. The molecule has 0 atom stereocenters. The standard InChI is InChI=1S/C18H14O4/c1-20-15-3-2-4-16(11-15)21-14-7-5-13(6-8-14)18-10-9-17(12-19)22-18/h2-12H,1H3. The van der Waals surface area contributed by atoms with Gasteiger partial charge in [-0.2, -0.15) is 0 Å². The number of carbonyl (C=O) groups excluding carboxylic acids is 1. The first-order chi connectivity index (χ1) is 10.8. The highest BCUT2D eigenvalue weighted by molar-refractivity contribution is 5.72. The number of ether oxygens (including phenoxy) is 2. The molecule has 0 unspecified atom stereocenters. The number of methoxy groups -OCH3 is 1. The van der Waals surface area contributed by atoms with Crippen molar-refractivity contribution in [3.05, 3.63) is 66.4 Å². The van der Waals surface area contributed by atoms with Gasteiger partial charge in [0, 0.05) is 11.6 Å². The van der Waals surface area contributed by atoms with Crippen LogP contribution in [0.3, 0.4) is 0 Å². The highest BCUT2D eigenvalue weighted by Gasteiger charge is 2.05. The number of aldehydes is 1. The van der Waals surface area contributed by atoms with Crippen LogP contribution < -0.4 is 9.47 Å². The van der Waals surface area contributed by atoms with Crippen molar-refractivity contribution in [1.82, 2.24) is 0 Å². The highest BCUT2D eigenvalue weighted by Crippen LogP contribution is 2.28. The minimum atomic E-state index is 0.312. The molecule has 3 aromatic rings. The SMILES string of the molecule is COc1cccc(Oc2ccc(-c3ccc(C=O)o3)cc2)c1. The number of hydrogen-bond donors (Lipinski definition) is 0. The first-order valence-electron chi connectivity index (χ1n) is 6.76. The van der Waals surface area contributed by atoms with Gasteiger partial charge in [-0.15, -0.1) is 0 Å². The topological polar surface area (TPSA) is 48.7 Å². The van der Waals surface area contributed by atoms with Crippen LogP contribution in [-0.2, 0) is 0 Å². The largest absolute Gasteiger partial charge is 0.497 e. The average molecular weight is 294 g/mol. The summed E-state index contributed by atoms with van der Waals surface area (Å²) in [7, 11) is 1.62. The molecule has 0 aliphatic carbocycles. The van der Waals surface area contributed by atoms with E-state index in [9.17, 15) is 4.79 Å². The molecule has 0 saturated heterocycles. The zero-order chi connectivity index (χ0) is 15.4. The average Bonchev–Trinajstić information content (AvgIpc) is 3.05. The number of hydrogen-bond acceptors (Lipinski definition) is 4. The molecule has 0 saturated carbocycles. The van der Waals surface area contributed by atoms with Crippen LogP contribution in [0.1, 0.15) is 10.6 Å². The summed E-state index contributed by atoms with van der Waals surface area (Å²) in [5, 5.41) is 0. The second-order valence-electron chi connectivity index (χ2n) is 4.63. The fourth-order valence-corrected chi connectivity index (χ4v) is 2.06. The van der Waals surface area contributed by atoms with Crippen molar-refractivity contribution < 1.29 is 18.7 Å². The lowest BCUT2D eigenvalue weighted by Crippen LogP contribution is -1.86. The van der Waals surface area contributed by atoms with E-state index in [-0.39, 0.29) is 0 Å². The van der Waals surface area contributed by atoms with Crippen LogP contribution in [0.2, 0.25) is 0 Å². The molecule has 0 aliphatic rings. The van der Waals surface area contributed by atoms with Crippen LogP contribution in [0, 0.1) is 0 Å². The van der Waals surface area contributed by atoms with Gasteiger partial charge in [0.2, 0.25) is 0 Å². The molecule has 4 nitrogen and oxygen atoms in total. The molecule has 0 aliphatic heterocycles. The van der Waals surface area contributed by atoms with Crippen LogP contribution >= 0.6 is 0 Å². The molecule has 0 amide bonds. The third-order valence-corrected chi connectivity index (χ3v) is 3.16. The zero-order valence-electron chi connectivity index (χ0n) is 12.0. The summed E-state index contributed by atoms with van der Waals surface area (Å²) < 4.78 is 16.3. The van der Waals surface area contributed by atoms with Crippen molar-refractivity contribution in [2.24, 2.45) is 0 Å². The summed E-state index contributed by atoms with van der Waals surface area (Å²) in [5.41, 5.74) is 0.881. The van der Waals surface area contributed by atoms with Crippen molar-refractivity contribution in [2.75, 3.05) is 7.11 Å². The van der Waals surface area contributed by atoms with Gasteiger partial charge in [-0.05, 0) is 48.5 Å². The lowest BCUT2D eigenvalue weighted by atomic mass is 10.2.